The minimum absolute atomic E-state index is 0.136. The highest BCUT2D eigenvalue weighted by atomic mass is 32.2. The Morgan fingerprint density at radius 2 is 1.44 bits per heavy atom. The van der Waals surface area contributed by atoms with E-state index in [1.807, 2.05) is 12.5 Å². The first-order valence-corrected chi connectivity index (χ1v) is 11.6. The second-order valence-electron chi connectivity index (χ2n) is 5.59. The predicted octanol–water partition coefficient (Wildman–Crippen LogP) is -1.08. The third-order valence-electron chi connectivity index (χ3n) is 3.43. The lowest BCUT2D eigenvalue weighted by atomic mass is 10.1. The fourth-order valence-corrected chi connectivity index (χ4v) is 3.04. The second-order valence-corrected chi connectivity index (χ2v) is 7.92. The minimum atomic E-state index is -1.18. The van der Waals surface area contributed by atoms with Crippen LogP contribution >= 0.6 is 36.2 Å². The van der Waals surface area contributed by atoms with Crippen molar-refractivity contribution >= 4 is 59.8 Å². The third kappa shape index (κ3) is 11.4. The van der Waals surface area contributed by atoms with Crippen molar-refractivity contribution in [3.05, 3.63) is 0 Å². The van der Waals surface area contributed by atoms with Crippen molar-refractivity contribution < 1.29 is 24.3 Å². The van der Waals surface area contributed by atoms with Gasteiger partial charge in [0.25, 0.3) is 0 Å². The van der Waals surface area contributed by atoms with Crippen LogP contribution in [0.25, 0.3) is 0 Å². The van der Waals surface area contributed by atoms with E-state index in [1.54, 1.807) is 0 Å². The number of thiol groups is 1. The normalized spacial score (nSPS) is 13.9. The fourth-order valence-electron chi connectivity index (χ4n) is 1.93. The van der Waals surface area contributed by atoms with Crippen molar-refractivity contribution in [2.75, 3.05) is 36.3 Å². The van der Waals surface area contributed by atoms with Gasteiger partial charge in [-0.1, -0.05) is 0 Å². The lowest BCUT2D eigenvalue weighted by Gasteiger charge is -2.23. The lowest BCUT2D eigenvalue weighted by Crippen LogP contribution is -2.56. The van der Waals surface area contributed by atoms with E-state index in [9.17, 15) is 19.2 Å². The standard InChI is InChI=1S/C15H28N4O5S3/c1-26-5-3-10(14(23)17-7-12(20)21)19-15(24)11(4-6-27-2)18-13(22)9(16)8-25/h9-11,25H,3-8,16H2,1-2H3,(H,17,23)(H,18,22)(H,19,24)(H,20,21). The molecule has 12 heteroatoms. The van der Waals surface area contributed by atoms with Crippen LogP contribution in [-0.2, 0) is 19.2 Å². The Bertz CT molecular complexity index is 510. The van der Waals surface area contributed by atoms with Crippen LogP contribution < -0.4 is 21.7 Å². The van der Waals surface area contributed by atoms with E-state index in [2.05, 4.69) is 28.6 Å². The highest BCUT2D eigenvalue weighted by molar-refractivity contribution is 7.98. The van der Waals surface area contributed by atoms with Crippen molar-refractivity contribution in [2.45, 2.75) is 31.0 Å². The molecule has 3 unspecified atom stereocenters. The van der Waals surface area contributed by atoms with Crippen molar-refractivity contribution in [3.63, 3.8) is 0 Å². The number of nitrogens with two attached hydrogens (primary N) is 1. The third-order valence-corrected chi connectivity index (χ3v) is 5.12. The Morgan fingerprint density at radius 1 is 0.963 bits per heavy atom. The van der Waals surface area contributed by atoms with Gasteiger partial charge in [0.05, 0.1) is 6.04 Å². The van der Waals surface area contributed by atoms with Gasteiger partial charge in [-0.15, -0.1) is 0 Å². The number of rotatable bonds is 14. The van der Waals surface area contributed by atoms with E-state index in [0.29, 0.717) is 24.3 Å². The molecule has 0 saturated carbocycles. The van der Waals surface area contributed by atoms with E-state index in [1.165, 1.54) is 23.5 Å². The Labute approximate surface area is 173 Å². The highest BCUT2D eigenvalue weighted by Gasteiger charge is 2.27. The second kappa shape index (κ2) is 14.9. The van der Waals surface area contributed by atoms with Gasteiger partial charge in [0.2, 0.25) is 17.7 Å². The number of aliphatic carboxylic acids is 1. The van der Waals surface area contributed by atoms with Gasteiger partial charge >= 0.3 is 5.97 Å². The molecule has 3 amide bonds. The van der Waals surface area contributed by atoms with E-state index >= 15 is 0 Å². The van der Waals surface area contributed by atoms with Crippen molar-refractivity contribution in [2.24, 2.45) is 5.73 Å². The van der Waals surface area contributed by atoms with Gasteiger partial charge < -0.3 is 26.8 Å². The molecule has 0 bridgehead atoms. The number of hydrogen-bond donors (Lipinski definition) is 6. The number of carboxylic acid groups (broad SMARTS) is 1. The minimum Gasteiger partial charge on any atom is -0.480 e. The number of hydrogen-bond acceptors (Lipinski definition) is 8. The first-order chi connectivity index (χ1) is 12.8. The van der Waals surface area contributed by atoms with Crippen LogP contribution in [0.15, 0.2) is 0 Å². The molecule has 0 aliphatic carbocycles. The molecule has 0 radical (unpaired) electrons. The zero-order chi connectivity index (χ0) is 20.8. The van der Waals surface area contributed by atoms with Gasteiger partial charge in [0, 0.05) is 5.75 Å². The van der Waals surface area contributed by atoms with Gasteiger partial charge in [0.15, 0.2) is 0 Å². The first kappa shape index (κ1) is 25.9. The summed E-state index contributed by atoms with van der Waals surface area (Å²) in [6.45, 7) is -0.534. The number of carbonyl (C=O) groups excluding carboxylic acids is 3. The van der Waals surface area contributed by atoms with E-state index in [0.717, 1.165) is 0 Å². The summed E-state index contributed by atoms with van der Waals surface area (Å²) in [5, 5.41) is 16.1. The molecule has 0 aromatic heterocycles. The molecule has 0 rings (SSSR count). The molecule has 0 aliphatic rings. The average molecular weight is 441 g/mol. The Kier molecular flexibility index (Phi) is 14.3. The fraction of sp³-hybridized carbons (Fsp3) is 0.733. The number of carbonyl (C=O) groups is 4. The smallest absolute Gasteiger partial charge is 0.322 e. The number of amides is 3. The van der Waals surface area contributed by atoms with E-state index in [-0.39, 0.29) is 5.75 Å². The molecule has 0 heterocycles. The quantitative estimate of drug-likeness (QED) is 0.187. The molecular formula is C15H28N4O5S3. The monoisotopic (exact) mass is 440 g/mol. The molecule has 0 aromatic rings. The summed E-state index contributed by atoms with van der Waals surface area (Å²) in [6.07, 6.45) is 4.42. The van der Waals surface area contributed by atoms with E-state index in [4.69, 9.17) is 10.8 Å². The number of nitrogens with one attached hydrogen (secondary N) is 3. The van der Waals surface area contributed by atoms with Crippen LogP contribution in [0.3, 0.4) is 0 Å². The molecule has 3 atom stereocenters. The molecule has 0 fully saturated rings. The van der Waals surface area contributed by atoms with Crippen LogP contribution in [0, 0.1) is 0 Å². The summed E-state index contributed by atoms with van der Waals surface area (Å²) < 4.78 is 0. The largest absolute Gasteiger partial charge is 0.480 e. The molecule has 0 saturated heterocycles. The van der Waals surface area contributed by atoms with Gasteiger partial charge in [-0.25, -0.2) is 0 Å². The Morgan fingerprint density at radius 3 is 1.89 bits per heavy atom. The molecule has 0 aliphatic heterocycles. The first-order valence-electron chi connectivity index (χ1n) is 8.21. The van der Waals surface area contributed by atoms with Gasteiger partial charge in [-0.2, -0.15) is 36.2 Å². The maximum Gasteiger partial charge on any atom is 0.322 e. The molecule has 9 nitrogen and oxygen atoms in total. The maximum absolute atomic E-state index is 12.6. The zero-order valence-electron chi connectivity index (χ0n) is 15.4. The van der Waals surface area contributed by atoms with Crippen LogP contribution in [0.5, 0.6) is 0 Å². The van der Waals surface area contributed by atoms with E-state index < -0.39 is 48.4 Å². The SMILES string of the molecule is CSCCC(NC(=O)C(N)CS)C(=O)NC(CCSC)C(=O)NCC(=O)O. The zero-order valence-corrected chi connectivity index (χ0v) is 17.9. The lowest BCUT2D eigenvalue weighted by molar-refractivity contribution is -0.138. The molecule has 156 valence electrons. The summed E-state index contributed by atoms with van der Waals surface area (Å²) in [6, 6.07) is -2.58. The Hall–Kier alpha value is -1.11. The summed E-state index contributed by atoms with van der Waals surface area (Å²) in [5.74, 6) is -1.42. The maximum atomic E-state index is 12.6. The Balaban J connectivity index is 5.06. The van der Waals surface area contributed by atoms with Crippen LogP contribution in [0.2, 0.25) is 0 Å². The average Bonchev–Trinajstić information content (AvgIpc) is 2.64. The molecule has 0 aromatic carbocycles. The highest BCUT2D eigenvalue weighted by Crippen LogP contribution is 2.05. The topological polar surface area (TPSA) is 151 Å². The van der Waals surface area contributed by atoms with Crippen molar-refractivity contribution in [1.29, 1.82) is 0 Å². The molecule has 6 N–H and O–H groups in total. The van der Waals surface area contributed by atoms with Gasteiger partial charge in [-0.05, 0) is 36.9 Å². The van der Waals surface area contributed by atoms with Crippen LogP contribution in [0.1, 0.15) is 12.8 Å². The summed E-state index contributed by atoms with van der Waals surface area (Å²) in [5.41, 5.74) is 5.63. The van der Waals surface area contributed by atoms with Crippen molar-refractivity contribution in [3.8, 4) is 0 Å². The molecule has 0 spiro atoms. The van der Waals surface area contributed by atoms with Crippen LogP contribution in [0.4, 0.5) is 0 Å². The molecule has 27 heavy (non-hydrogen) atoms. The number of carboxylic acids is 1. The van der Waals surface area contributed by atoms with Gasteiger partial charge in [-0.3, -0.25) is 19.2 Å². The van der Waals surface area contributed by atoms with Crippen LogP contribution in [-0.4, -0.2) is 83.2 Å². The molecular weight excluding hydrogens is 412 g/mol. The summed E-state index contributed by atoms with van der Waals surface area (Å²) >= 11 is 6.97. The number of thioether (sulfide) groups is 2. The summed E-state index contributed by atoms with van der Waals surface area (Å²) in [4.78, 5) is 47.4. The van der Waals surface area contributed by atoms with Crippen molar-refractivity contribution in [1.82, 2.24) is 16.0 Å². The summed E-state index contributed by atoms with van der Waals surface area (Å²) in [7, 11) is 0. The van der Waals surface area contributed by atoms with Gasteiger partial charge in [0.1, 0.15) is 18.6 Å². The predicted molar refractivity (Wildman–Crippen MR) is 112 cm³/mol.